The van der Waals surface area contributed by atoms with Crippen molar-refractivity contribution in [1.29, 1.82) is 0 Å². The number of ether oxygens (including phenoxy) is 1. The number of hydrogen-bond donors (Lipinski definition) is 1. The van der Waals surface area contributed by atoms with Gasteiger partial charge in [-0.3, -0.25) is 14.5 Å². The highest BCUT2D eigenvalue weighted by Gasteiger charge is 2.27. The molecule has 0 atom stereocenters. The van der Waals surface area contributed by atoms with Crippen LogP contribution in [0.2, 0.25) is 0 Å². The number of nitrogens with zero attached hydrogens (tertiary/aromatic N) is 2. The SMILES string of the molecule is CC(C)(C)OC(=O)N(CC(=O)N(CC(=O)O)Cc1ccccc1)Cc1ccccc1. The fraction of sp³-hybridized carbons (Fsp3) is 0.348. The number of carboxylic acid groups (broad SMARTS) is 1. The van der Waals surface area contributed by atoms with Crippen LogP contribution >= 0.6 is 0 Å². The maximum atomic E-state index is 13.0. The first kappa shape index (κ1) is 22.9. The van der Waals surface area contributed by atoms with Gasteiger partial charge < -0.3 is 14.7 Å². The molecule has 0 saturated heterocycles. The molecule has 7 heteroatoms. The monoisotopic (exact) mass is 412 g/mol. The molecule has 0 aliphatic carbocycles. The van der Waals surface area contributed by atoms with Crippen LogP contribution in [0.5, 0.6) is 0 Å². The summed E-state index contributed by atoms with van der Waals surface area (Å²) in [6.07, 6.45) is -0.630. The van der Waals surface area contributed by atoms with Crippen LogP contribution < -0.4 is 0 Å². The van der Waals surface area contributed by atoms with E-state index >= 15 is 0 Å². The highest BCUT2D eigenvalue weighted by atomic mass is 16.6. The molecule has 0 aromatic heterocycles. The van der Waals surface area contributed by atoms with Crippen LogP contribution in [0.3, 0.4) is 0 Å². The molecular formula is C23H28N2O5. The molecule has 0 saturated carbocycles. The fourth-order valence-corrected chi connectivity index (χ4v) is 2.78. The van der Waals surface area contributed by atoms with Crippen molar-refractivity contribution in [2.45, 2.75) is 39.5 Å². The minimum atomic E-state index is -1.12. The molecule has 0 radical (unpaired) electrons. The van der Waals surface area contributed by atoms with Gasteiger partial charge in [0, 0.05) is 13.1 Å². The zero-order chi connectivity index (χ0) is 22.1. The third-order valence-corrected chi connectivity index (χ3v) is 4.09. The van der Waals surface area contributed by atoms with Crippen molar-refractivity contribution in [3.05, 3.63) is 71.8 Å². The van der Waals surface area contributed by atoms with Gasteiger partial charge in [0.1, 0.15) is 18.7 Å². The van der Waals surface area contributed by atoms with E-state index < -0.39 is 30.1 Å². The number of carboxylic acids is 1. The van der Waals surface area contributed by atoms with E-state index in [-0.39, 0.29) is 19.6 Å². The molecule has 0 fully saturated rings. The first-order valence-electron chi connectivity index (χ1n) is 9.69. The minimum Gasteiger partial charge on any atom is -0.480 e. The highest BCUT2D eigenvalue weighted by molar-refractivity contribution is 5.85. The summed E-state index contributed by atoms with van der Waals surface area (Å²) in [4.78, 5) is 39.5. The van der Waals surface area contributed by atoms with E-state index in [1.165, 1.54) is 9.80 Å². The lowest BCUT2D eigenvalue weighted by Crippen LogP contribution is -2.45. The van der Waals surface area contributed by atoms with Gasteiger partial charge >= 0.3 is 12.1 Å². The van der Waals surface area contributed by atoms with Crippen molar-refractivity contribution in [3.8, 4) is 0 Å². The van der Waals surface area contributed by atoms with Gasteiger partial charge in [-0.15, -0.1) is 0 Å². The summed E-state index contributed by atoms with van der Waals surface area (Å²) in [7, 11) is 0. The molecule has 0 spiro atoms. The predicted molar refractivity (Wildman–Crippen MR) is 113 cm³/mol. The number of aliphatic carboxylic acids is 1. The maximum absolute atomic E-state index is 13.0. The van der Waals surface area contributed by atoms with Crippen LogP contribution in [-0.2, 0) is 27.4 Å². The van der Waals surface area contributed by atoms with Crippen LogP contribution in [0.4, 0.5) is 4.79 Å². The topological polar surface area (TPSA) is 87.2 Å². The zero-order valence-electron chi connectivity index (χ0n) is 17.6. The number of carbonyl (C=O) groups excluding carboxylic acids is 2. The summed E-state index contributed by atoms with van der Waals surface area (Å²) >= 11 is 0. The van der Waals surface area contributed by atoms with E-state index in [0.29, 0.717) is 0 Å². The Kier molecular flexibility index (Phi) is 7.98. The molecule has 2 rings (SSSR count). The second kappa shape index (κ2) is 10.4. The van der Waals surface area contributed by atoms with Crippen molar-refractivity contribution in [3.63, 3.8) is 0 Å². The van der Waals surface area contributed by atoms with Crippen molar-refractivity contribution in [1.82, 2.24) is 9.80 Å². The van der Waals surface area contributed by atoms with Gasteiger partial charge in [0.25, 0.3) is 0 Å². The van der Waals surface area contributed by atoms with E-state index in [1.807, 2.05) is 60.7 Å². The number of carbonyl (C=O) groups is 3. The second-order valence-corrected chi connectivity index (χ2v) is 7.95. The van der Waals surface area contributed by atoms with Gasteiger partial charge in [-0.2, -0.15) is 0 Å². The molecule has 0 bridgehead atoms. The summed E-state index contributed by atoms with van der Waals surface area (Å²) in [6, 6.07) is 18.4. The number of benzene rings is 2. The molecule has 1 N–H and O–H groups in total. The third-order valence-electron chi connectivity index (χ3n) is 4.09. The first-order chi connectivity index (χ1) is 14.1. The van der Waals surface area contributed by atoms with Crippen LogP contribution in [0.15, 0.2) is 60.7 Å². The standard InChI is InChI=1S/C23H28N2O5/c1-23(2,3)30-22(29)25(15-19-12-8-5-9-13-19)16-20(26)24(17-21(27)28)14-18-10-6-4-7-11-18/h4-13H,14-17H2,1-3H3,(H,27,28). The number of rotatable bonds is 8. The van der Waals surface area contributed by atoms with E-state index in [0.717, 1.165) is 11.1 Å². The number of amides is 2. The second-order valence-electron chi connectivity index (χ2n) is 7.95. The lowest BCUT2D eigenvalue weighted by atomic mass is 10.2. The summed E-state index contributed by atoms with van der Waals surface area (Å²) in [5.41, 5.74) is 0.919. The third kappa shape index (κ3) is 7.95. The van der Waals surface area contributed by atoms with Crippen LogP contribution in [-0.4, -0.2) is 51.6 Å². The van der Waals surface area contributed by atoms with Crippen molar-refractivity contribution >= 4 is 18.0 Å². The van der Waals surface area contributed by atoms with Crippen LogP contribution in [0, 0.1) is 0 Å². The van der Waals surface area contributed by atoms with Crippen LogP contribution in [0.1, 0.15) is 31.9 Å². The molecule has 7 nitrogen and oxygen atoms in total. The predicted octanol–water partition coefficient (Wildman–Crippen LogP) is 3.54. The Morgan fingerprint density at radius 3 is 1.70 bits per heavy atom. The Morgan fingerprint density at radius 1 is 0.800 bits per heavy atom. The van der Waals surface area contributed by atoms with Crippen LogP contribution in [0.25, 0.3) is 0 Å². The van der Waals surface area contributed by atoms with Crippen molar-refractivity contribution in [2.75, 3.05) is 13.1 Å². The van der Waals surface area contributed by atoms with Crippen molar-refractivity contribution < 1.29 is 24.2 Å². The fourth-order valence-electron chi connectivity index (χ4n) is 2.78. The maximum Gasteiger partial charge on any atom is 0.411 e. The summed E-state index contributed by atoms with van der Waals surface area (Å²) in [5, 5.41) is 9.24. The molecule has 0 aliphatic rings. The van der Waals surface area contributed by atoms with E-state index in [4.69, 9.17) is 4.74 Å². The average Bonchev–Trinajstić information content (AvgIpc) is 2.67. The lowest BCUT2D eigenvalue weighted by molar-refractivity contribution is -0.145. The smallest absolute Gasteiger partial charge is 0.411 e. The molecule has 2 aromatic carbocycles. The lowest BCUT2D eigenvalue weighted by Gasteiger charge is -2.29. The van der Waals surface area contributed by atoms with Crippen molar-refractivity contribution in [2.24, 2.45) is 0 Å². The molecule has 2 aromatic rings. The van der Waals surface area contributed by atoms with Gasteiger partial charge in [0.05, 0.1) is 0 Å². The molecule has 2 amide bonds. The quantitative estimate of drug-likeness (QED) is 0.717. The van der Waals surface area contributed by atoms with E-state index in [9.17, 15) is 19.5 Å². The van der Waals surface area contributed by atoms with Gasteiger partial charge in [-0.1, -0.05) is 60.7 Å². The van der Waals surface area contributed by atoms with Gasteiger partial charge in [0.2, 0.25) is 5.91 Å². The average molecular weight is 412 g/mol. The molecule has 0 aliphatic heterocycles. The molecule has 0 heterocycles. The van der Waals surface area contributed by atoms with Gasteiger partial charge in [0.15, 0.2) is 0 Å². The summed E-state index contributed by atoms with van der Waals surface area (Å²) < 4.78 is 5.45. The molecule has 160 valence electrons. The van der Waals surface area contributed by atoms with Gasteiger partial charge in [-0.05, 0) is 31.9 Å². The van der Waals surface area contributed by atoms with Gasteiger partial charge in [-0.25, -0.2) is 4.79 Å². The first-order valence-corrected chi connectivity index (χ1v) is 9.69. The minimum absolute atomic E-state index is 0.138. The largest absolute Gasteiger partial charge is 0.480 e. The Balaban J connectivity index is 2.19. The van der Waals surface area contributed by atoms with E-state index in [1.54, 1.807) is 20.8 Å². The Morgan fingerprint density at radius 2 is 1.27 bits per heavy atom. The Bertz CT molecular complexity index is 847. The zero-order valence-corrected chi connectivity index (χ0v) is 17.6. The summed E-state index contributed by atoms with van der Waals surface area (Å²) in [5.74, 6) is -1.59. The normalized spacial score (nSPS) is 10.9. The van der Waals surface area contributed by atoms with E-state index in [2.05, 4.69) is 0 Å². The Labute approximate surface area is 176 Å². The molecule has 0 unspecified atom stereocenters. The summed E-state index contributed by atoms with van der Waals surface area (Å²) in [6.45, 7) is 4.82. The highest BCUT2D eigenvalue weighted by Crippen LogP contribution is 2.14. The molecular weight excluding hydrogens is 384 g/mol. The Hall–Kier alpha value is -3.35. The number of hydrogen-bond acceptors (Lipinski definition) is 4. The molecule has 30 heavy (non-hydrogen) atoms.